The van der Waals surface area contributed by atoms with Gasteiger partial charge in [0.1, 0.15) is 6.04 Å². The van der Waals surface area contributed by atoms with E-state index in [2.05, 4.69) is 5.32 Å². The molecular formula is C21H21ClN2O4. The number of hydrogen-bond acceptors (Lipinski definition) is 4. The number of carbonyl (C=O) groups excluding carboxylic acids is 3. The van der Waals surface area contributed by atoms with Crippen molar-refractivity contribution in [3.8, 4) is 0 Å². The van der Waals surface area contributed by atoms with E-state index in [4.69, 9.17) is 16.3 Å². The minimum Gasteiger partial charge on any atom is -0.467 e. The Morgan fingerprint density at radius 2 is 1.86 bits per heavy atom. The highest BCUT2D eigenvalue weighted by atomic mass is 35.5. The zero-order chi connectivity index (χ0) is 20.1. The van der Waals surface area contributed by atoms with Gasteiger partial charge in [0.2, 0.25) is 11.8 Å². The fourth-order valence-electron chi connectivity index (χ4n) is 3.23. The summed E-state index contributed by atoms with van der Waals surface area (Å²) in [7, 11) is 1.29. The third kappa shape index (κ3) is 4.70. The second-order valence-corrected chi connectivity index (χ2v) is 7.09. The second-order valence-electron chi connectivity index (χ2n) is 6.66. The van der Waals surface area contributed by atoms with Gasteiger partial charge in [0.05, 0.1) is 13.0 Å². The molecule has 146 valence electrons. The molecule has 1 saturated heterocycles. The van der Waals surface area contributed by atoms with E-state index in [-0.39, 0.29) is 24.8 Å². The summed E-state index contributed by atoms with van der Waals surface area (Å²) in [6.07, 6.45) is 0.411. The molecule has 1 unspecified atom stereocenters. The number of esters is 1. The van der Waals surface area contributed by atoms with Crippen LogP contribution in [0.3, 0.4) is 0 Å². The number of halogens is 1. The lowest BCUT2D eigenvalue weighted by Gasteiger charge is -2.20. The number of nitrogens with one attached hydrogen (secondary N) is 1. The first-order chi connectivity index (χ1) is 13.5. The van der Waals surface area contributed by atoms with Crippen LogP contribution < -0.4 is 10.2 Å². The lowest BCUT2D eigenvalue weighted by molar-refractivity contribution is -0.145. The van der Waals surface area contributed by atoms with Crippen molar-refractivity contribution in [1.29, 1.82) is 0 Å². The van der Waals surface area contributed by atoms with Crippen molar-refractivity contribution in [1.82, 2.24) is 5.32 Å². The van der Waals surface area contributed by atoms with E-state index in [1.165, 1.54) is 7.11 Å². The van der Waals surface area contributed by atoms with Crippen molar-refractivity contribution in [2.45, 2.75) is 18.9 Å². The SMILES string of the molecule is COC(=O)[C@H](Cc1ccccc1)NC(=O)C1CC(=O)N(c2ccc(Cl)cc2)C1. The van der Waals surface area contributed by atoms with Gasteiger partial charge in [-0.05, 0) is 29.8 Å². The summed E-state index contributed by atoms with van der Waals surface area (Å²) in [4.78, 5) is 38.8. The zero-order valence-corrected chi connectivity index (χ0v) is 16.2. The molecule has 2 amide bonds. The maximum absolute atomic E-state index is 12.7. The summed E-state index contributed by atoms with van der Waals surface area (Å²) in [6.45, 7) is 0.255. The van der Waals surface area contributed by atoms with Crippen LogP contribution in [0, 0.1) is 5.92 Å². The summed E-state index contributed by atoms with van der Waals surface area (Å²) in [5, 5.41) is 3.32. The summed E-state index contributed by atoms with van der Waals surface area (Å²) in [5.41, 5.74) is 1.60. The van der Waals surface area contributed by atoms with Gasteiger partial charge in [-0.25, -0.2) is 4.79 Å². The van der Waals surface area contributed by atoms with Crippen LogP contribution in [0.1, 0.15) is 12.0 Å². The van der Waals surface area contributed by atoms with Crippen molar-refractivity contribution in [2.24, 2.45) is 5.92 Å². The largest absolute Gasteiger partial charge is 0.467 e. The zero-order valence-electron chi connectivity index (χ0n) is 15.4. The molecular weight excluding hydrogens is 380 g/mol. The van der Waals surface area contributed by atoms with Crippen molar-refractivity contribution >= 4 is 35.1 Å². The molecule has 1 fully saturated rings. The van der Waals surface area contributed by atoms with Crippen LogP contribution in [0.4, 0.5) is 5.69 Å². The number of benzene rings is 2. The fraction of sp³-hybridized carbons (Fsp3) is 0.286. The molecule has 6 nitrogen and oxygen atoms in total. The molecule has 2 atom stereocenters. The van der Waals surface area contributed by atoms with E-state index >= 15 is 0 Å². The van der Waals surface area contributed by atoms with Crippen LogP contribution >= 0.6 is 11.6 Å². The quantitative estimate of drug-likeness (QED) is 0.756. The van der Waals surface area contributed by atoms with E-state index in [1.54, 1.807) is 29.2 Å². The number of hydrogen-bond donors (Lipinski definition) is 1. The molecule has 2 aromatic rings. The Morgan fingerprint density at radius 1 is 1.18 bits per heavy atom. The van der Waals surface area contributed by atoms with Crippen LogP contribution in [-0.4, -0.2) is 37.5 Å². The first kappa shape index (κ1) is 19.9. The van der Waals surface area contributed by atoms with Gasteiger partial charge in [-0.3, -0.25) is 9.59 Å². The Balaban J connectivity index is 1.67. The minimum absolute atomic E-state index is 0.0910. The number of anilines is 1. The molecule has 3 rings (SSSR count). The Bertz CT molecular complexity index is 854. The molecule has 1 aliphatic heterocycles. The fourth-order valence-corrected chi connectivity index (χ4v) is 3.35. The summed E-state index contributed by atoms with van der Waals surface area (Å²) < 4.78 is 4.83. The van der Waals surface area contributed by atoms with Crippen LogP contribution in [0.2, 0.25) is 5.02 Å². The van der Waals surface area contributed by atoms with Gasteiger partial charge in [0, 0.05) is 30.1 Å². The molecule has 1 heterocycles. The molecule has 1 N–H and O–H groups in total. The number of carbonyl (C=O) groups is 3. The van der Waals surface area contributed by atoms with Crippen molar-refractivity contribution in [2.75, 3.05) is 18.6 Å². The Hall–Kier alpha value is -2.86. The monoisotopic (exact) mass is 400 g/mol. The molecule has 28 heavy (non-hydrogen) atoms. The Kier molecular flexibility index (Phi) is 6.31. The van der Waals surface area contributed by atoms with Gasteiger partial charge < -0.3 is 15.0 Å². The third-order valence-corrected chi connectivity index (χ3v) is 4.97. The standard InChI is InChI=1S/C21H21ClN2O4/c1-28-21(27)18(11-14-5-3-2-4-6-14)23-20(26)15-12-19(25)24(13-15)17-9-7-16(22)8-10-17/h2-10,15,18H,11-13H2,1H3,(H,23,26)/t15?,18-/m0/s1. The molecule has 0 aromatic heterocycles. The number of rotatable bonds is 6. The van der Waals surface area contributed by atoms with Gasteiger partial charge in [-0.15, -0.1) is 0 Å². The van der Waals surface area contributed by atoms with E-state index in [0.717, 1.165) is 5.56 Å². The van der Waals surface area contributed by atoms with Gasteiger partial charge in [-0.2, -0.15) is 0 Å². The van der Waals surface area contributed by atoms with Gasteiger partial charge in [0.25, 0.3) is 0 Å². The molecule has 1 aliphatic rings. The van der Waals surface area contributed by atoms with Crippen molar-refractivity contribution < 1.29 is 19.1 Å². The van der Waals surface area contributed by atoms with Crippen LogP contribution in [0.25, 0.3) is 0 Å². The molecule has 0 aliphatic carbocycles. The predicted molar refractivity (Wildman–Crippen MR) is 106 cm³/mol. The lowest BCUT2D eigenvalue weighted by Crippen LogP contribution is -2.46. The van der Waals surface area contributed by atoms with E-state index in [1.807, 2.05) is 30.3 Å². The minimum atomic E-state index is -0.806. The summed E-state index contributed by atoms with van der Waals surface area (Å²) in [6, 6.07) is 15.4. The first-order valence-electron chi connectivity index (χ1n) is 8.96. The second kappa shape index (κ2) is 8.89. The van der Waals surface area contributed by atoms with Crippen LogP contribution in [0.15, 0.2) is 54.6 Å². The predicted octanol–water partition coefficient (Wildman–Crippen LogP) is 2.59. The van der Waals surface area contributed by atoms with Gasteiger partial charge in [-0.1, -0.05) is 41.9 Å². The smallest absolute Gasteiger partial charge is 0.328 e. The number of amides is 2. The van der Waals surface area contributed by atoms with Crippen LogP contribution in [0.5, 0.6) is 0 Å². The number of methoxy groups -OCH3 is 1. The number of ether oxygens (including phenoxy) is 1. The maximum atomic E-state index is 12.7. The molecule has 0 bridgehead atoms. The molecule has 0 saturated carbocycles. The highest BCUT2D eigenvalue weighted by Gasteiger charge is 2.36. The number of nitrogens with zero attached hydrogens (tertiary/aromatic N) is 1. The average Bonchev–Trinajstić information content (AvgIpc) is 3.10. The molecule has 0 spiro atoms. The van der Waals surface area contributed by atoms with Gasteiger partial charge >= 0.3 is 5.97 Å². The van der Waals surface area contributed by atoms with E-state index in [0.29, 0.717) is 17.1 Å². The van der Waals surface area contributed by atoms with Gasteiger partial charge in [0.15, 0.2) is 0 Å². The Labute approximate surface area is 168 Å². The first-order valence-corrected chi connectivity index (χ1v) is 9.34. The van der Waals surface area contributed by atoms with E-state index in [9.17, 15) is 14.4 Å². The molecule has 7 heteroatoms. The average molecular weight is 401 g/mol. The van der Waals surface area contributed by atoms with E-state index < -0.39 is 17.9 Å². The van der Waals surface area contributed by atoms with Crippen molar-refractivity contribution in [3.63, 3.8) is 0 Å². The molecule has 0 radical (unpaired) electrons. The highest BCUT2D eigenvalue weighted by molar-refractivity contribution is 6.30. The topological polar surface area (TPSA) is 75.7 Å². The summed E-state index contributed by atoms with van der Waals surface area (Å²) in [5.74, 6) is -1.53. The van der Waals surface area contributed by atoms with Crippen LogP contribution in [-0.2, 0) is 25.5 Å². The van der Waals surface area contributed by atoms with Crippen molar-refractivity contribution in [3.05, 3.63) is 65.2 Å². The lowest BCUT2D eigenvalue weighted by atomic mass is 10.0. The highest BCUT2D eigenvalue weighted by Crippen LogP contribution is 2.26. The third-order valence-electron chi connectivity index (χ3n) is 4.72. The maximum Gasteiger partial charge on any atom is 0.328 e. The Morgan fingerprint density at radius 3 is 2.50 bits per heavy atom. The normalized spacial score (nSPS) is 17.3. The molecule has 2 aromatic carbocycles. The summed E-state index contributed by atoms with van der Waals surface area (Å²) >= 11 is 5.89.